The molecule has 2 N–H and O–H groups in total. The molecule has 4 aromatic carbocycles. The Morgan fingerprint density at radius 1 is 0.660 bits per heavy atom. The number of carbonyl (C=O) groups is 2. The number of halogens is 1. The number of hydrogen-bond acceptors (Lipinski definition) is 7. The Labute approximate surface area is 278 Å². The molecule has 7 nitrogen and oxygen atoms in total. The number of pyridine rings is 2. The number of hydrogen-bond donors (Lipinski definition) is 2. The lowest BCUT2D eigenvalue weighted by Crippen LogP contribution is -2.16. The van der Waals surface area contributed by atoms with Gasteiger partial charge in [0, 0.05) is 16.1 Å². The lowest BCUT2D eigenvalue weighted by molar-refractivity contribution is 0.0399. The van der Waals surface area contributed by atoms with E-state index in [0.29, 0.717) is 27.8 Å². The Kier molecular flexibility index (Phi) is 9.09. The first-order valence-corrected chi connectivity index (χ1v) is 15.4. The molecule has 0 aliphatic rings. The highest BCUT2D eigenvalue weighted by molar-refractivity contribution is 6.33. The number of ether oxygens (including phenoxy) is 1. The Morgan fingerprint density at radius 3 is 2.15 bits per heavy atom. The number of aryl methyl sites for hydroxylation is 3. The van der Waals surface area contributed by atoms with Gasteiger partial charge in [0.25, 0.3) is 0 Å². The van der Waals surface area contributed by atoms with Gasteiger partial charge in [0.05, 0.1) is 57.7 Å². The Balaban J connectivity index is 1.21. The van der Waals surface area contributed by atoms with E-state index in [1.165, 1.54) is 0 Å². The van der Waals surface area contributed by atoms with Crippen LogP contribution in [-0.2, 0) is 4.74 Å². The van der Waals surface area contributed by atoms with Gasteiger partial charge in [-0.05, 0) is 74.4 Å². The fourth-order valence-corrected chi connectivity index (χ4v) is 5.50. The summed E-state index contributed by atoms with van der Waals surface area (Å²) in [6.45, 7) is 5.74. The number of nitrogens with zero attached hydrogens (tertiary/aromatic N) is 2. The maximum absolute atomic E-state index is 13.5. The van der Waals surface area contributed by atoms with Gasteiger partial charge in [0.1, 0.15) is 0 Å². The second-order valence-corrected chi connectivity index (χ2v) is 11.5. The van der Waals surface area contributed by atoms with Crippen molar-refractivity contribution in [2.75, 3.05) is 10.6 Å². The molecular formula is C39H31ClN4O3. The van der Waals surface area contributed by atoms with E-state index < -0.39 is 11.9 Å². The normalized spacial score (nSPS) is 10.7. The first-order chi connectivity index (χ1) is 22.8. The molecule has 0 amide bonds. The summed E-state index contributed by atoms with van der Waals surface area (Å²) in [5, 5.41) is 7.17. The maximum Gasteiger partial charge on any atom is 0.348 e. The summed E-state index contributed by atoms with van der Waals surface area (Å²) in [4.78, 5) is 36.2. The molecule has 2 aromatic heterocycles. The van der Waals surface area contributed by atoms with Crippen LogP contribution >= 0.6 is 11.6 Å². The number of aromatic nitrogens is 2. The molecule has 47 heavy (non-hydrogen) atoms. The minimum absolute atomic E-state index is 0.215. The highest BCUT2D eigenvalue weighted by Gasteiger charge is 2.22. The summed E-state index contributed by atoms with van der Waals surface area (Å²) in [5.74, 6) is -1.55. The van der Waals surface area contributed by atoms with E-state index in [2.05, 4.69) is 20.6 Å². The first kappa shape index (κ1) is 31.2. The van der Waals surface area contributed by atoms with Gasteiger partial charge in [-0.3, -0.25) is 9.97 Å². The molecule has 0 aliphatic carbocycles. The molecule has 232 valence electrons. The standard InChI is InChI=1S/C39H31ClN4O3/c1-24-16-18-35(43-28-17-19-34(41-22-28)30-13-7-8-15-33(30)40)32(20-24)39(46)47-38(45)31-14-9-10-25(2)37(31)44-29-21-26(3)36(42-23-29)27-11-5-4-6-12-27/h4-23,43-44H,1-3H3. The zero-order chi connectivity index (χ0) is 32.9. The Morgan fingerprint density at radius 2 is 1.40 bits per heavy atom. The molecule has 0 saturated carbocycles. The topological polar surface area (TPSA) is 93.2 Å². The quantitative estimate of drug-likeness (QED) is 0.127. The monoisotopic (exact) mass is 638 g/mol. The lowest BCUT2D eigenvalue weighted by atomic mass is 10.1. The fourth-order valence-electron chi connectivity index (χ4n) is 5.27. The number of esters is 2. The van der Waals surface area contributed by atoms with E-state index in [-0.39, 0.29) is 11.1 Å². The lowest BCUT2D eigenvalue weighted by Gasteiger charge is -2.16. The van der Waals surface area contributed by atoms with Crippen LogP contribution < -0.4 is 10.6 Å². The fraction of sp³-hybridized carbons (Fsp3) is 0.0769. The molecule has 6 aromatic rings. The third kappa shape index (κ3) is 7.06. The highest BCUT2D eigenvalue weighted by Crippen LogP contribution is 2.31. The minimum Gasteiger partial charge on any atom is -0.386 e. The van der Waals surface area contributed by atoms with Gasteiger partial charge in [-0.1, -0.05) is 83.9 Å². The molecule has 0 aliphatic heterocycles. The van der Waals surface area contributed by atoms with E-state index in [4.69, 9.17) is 16.3 Å². The van der Waals surface area contributed by atoms with Crippen molar-refractivity contribution in [2.24, 2.45) is 0 Å². The Bertz CT molecular complexity index is 2100. The number of carbonyl (C=O) groups excluding carboxylic acids is 2. The van der Waals surface area contributed by atoms with Gasteiger partial charge in [-0.25, -0.2) is 9.59 Å². The van der Waals surface area contributed by atoms with Gasteiger partial charge < -0.3 is 15.4 Å². The number of benzene rings is 4. The predicted molar refractivity (Wildman–Crippen MR) is 188 cm³/mol. The molecule has 0 radical (unpaired) electrons. The number of rotatable bonds is 8. The summed E-state index contributed by atoms with van der Waals surface area (Å²) in [7, 11) is 0. The van der Waals surface area contributed by atoms with Crippen molar-refractivity contribution in [2.45, 2.75) is 20.8 Å². The van der Waals surface area contributed by atoms with Crippen LogP contribution in [0.5, 0.6) is 0 Å². The van der Waals surface area contributed by atoms with Crippen LogP contribution in [0.3, 0.4) is 0 Å². The first-order valence-electron chi connectivity index (χ1n) is 15.0. The molecule has 0 saturated heterocycles. The van der Waals surface area contributed by atoms with Crippen molar-refractivity contribution in [1.29, 1.82) is 0 Å². The number of para-hydroxylation sites is 1. The second kappa shape index (κ2) is 13.7. The van der Waals surface area contributed by atoms with Crippen LogP contribution in [0.1, 0.15) is 37.4 Å². The summed E-state index contributed by atoms with van der Waals surface area (Å²) >= 11 is 6.34. The predicted octanol–water partition coefficient (Wildman–Crippen LogP) is 9.87. The van der Waals surface area contributed by atoms with Gasteiger partial charge >= 0.3 is 11.9 Å². The largest absolute Gasteiger partial charge is 0.386 e. The van der Waals surface area contributed by atoms with E-state index >= 15 is 0 Å². The molecular weight excluding hydrogens is 608 g/mol. The maximum atomic E-state index is 13.5. The van der Waals surface area contributed by atoms with Gasteiger partial charge in [-0.15, -0.1) is 0 Å². The smallest absolute Gasteiger partial charge is 0.348 e. The van der Waals surface area contributed by atoms with Gasteiger partial charge in [0.2, 0.25) is 0 Å². The van der Waals surface area contributed by atoms with Crippen LogP contribution in [0.15, 0.2) is 122 Å². The van der Waals surface area contributed by atoms with Crippen LogP contribution in [-0.4, -0.2) is 21.9 Å². The van der Waals surface area contributed by atoms with Crippen LogP contribution in [0.4, 0.5) is 22.7 Å². The minimum atomic E-state index is -0.779. The summed E-state index contributed by atoms with van der Waals surface area (Å²) in [6.07, 6.45) is 3.38. The zero-order valence-electron chi connectivity index (χ0n) is 26.0. The van der Waals surface area contributed by atoms with Crippen LogP contribution in [0.25, 0.3) is 22.5 Å². The van der Waals surface area contributed by atoms with E-state index in [1.54, 1.807) is 36.7 Å². The molecule has 0 atom stereocenters. The highest BCUT2D eigenvalue weighted by atomic mass is 35.5. The van der Waals surface area contributed by atoms with Gasteiger partial charge in [-0.2, -0.15) is 0 Å². The third-order valence-corrected chi connectivity index (χ3v) is 7.99. The average molecular weight is 639 g/mol. The summed E-state index contributed by atoms with van der Waals surface area (Å²) < 4.78 is 5.48. The number of nitrogens with one attached hydrogen (secondary N) is 2. The molecule has 0 unspecified atom stereocenters. The summed E-state index contributed by atoms with van der Waals surface area (Å²) in [5.41, 5.74) is 8.85. The molecule has 0 spiro atoms. The van der Waals surface area contributed by atoms with Crippen LogP contribution in [0.2, 0.25) is 5.02 Å². The molecule has 0 fully saturated rings. The second-order valence-electron chi connectivity index (χ2n) is 11.1. The van der Waals surface area contributed by atoms with Crippen molar-refractivity contribution in [3.05, 3.63) is 154 Å². The molecule has 2 heterocycles. The molecule has 6 rings (SSSR count). The van der Waals surface area contributed by atoms with Crippen molar-refractivity contribution in [1.82, 2.24) is 9.97 Å². The molecule has 8 heteroatoms. The van der Waals surface area contributed by atoms with Crippen molar-refractivity contribution < 1.29 is 14.3 Å². The van der Waals surface area contributed by atoms with E-state index in [9.17, 15) is 9.59 Å². The Hall–Kier alpha value is -5.79. The summed E-state index contributed by atoms with van der Waals surface area (Å²) in [6, 6.07) is 33.7. The van der Waals surface area contributed by atoms with E-state index in [0.717, 1.165) is 39.2 Å². The van der Waals surface area contributed by atoms with Crippen molar-refractivity contribution in [3.8, 4) is 22.5 Å². The zero-order valence-corrected chi connectivity index (χ0v) is 26.8. The average Bonchev–Trinajstić information content (AvgIpc) is 3.07. The van der Waals surface area contributed by atoms with Gasteiger partial charge in [0.15, 0.2) is 0 Å². The van der Waals surface area contributed by atoms with Crippen LogP contribution in [0, 0.1) is 20.8 Å². The van der Waals surface area contributed by atoms with Crippen molar-refractivity contribution >= 4 is 46.3 Å². The molecule has 0 bridgehead atoms. The number of anilines is 4. The van der Waals surface area contributed by atoms with Crippen molar-refractivity contribution in [3.63, 3.8) is 0 Å². The third-order valence-electron chi connectivity index (χ3n) is 7.66. The van der Waals surface area contributed by atoms with E-state index in [1.807, 2.05) is 106 Å². The SMILES string of the molecule is Cc1ccc(Nc2ccc(-c3ccccc3Cl)nc2)c(C(=O)OC(=O)c2cccc(C)c2Nc2cnc(-c3ccccc3)c(C)c2)c1.